The number of aldehydes is 1. The minimum absolute atomic E-state index is 0.0536. The summed E-state index contributed by atoms with van der Waals surface area (Å²) in [6.45, 7) is 0.473. The van der Waals surface area contributed by atoms with Gasteiger partial charge in [0.1, 0.15) is 24.4 Å². The first-order valence-corrected chi connectivity index (χ1v) is 6.99. The molecule has 2 aromatic carbocycles. The van der Waals surface area contributed by atoms with Crippen LogP contribution in [0.5, 0.6) is 5.75 Å². The van der Waals surface area contributed by atoms with Crippen LogP contribution < -0.4 is 4.74 Å². The third-order valence-electron chi connectivity index (χ3n) is 3.14. The van der Waals surface area contributed by atoms with Gasteiger partial charge in [-0.2, -0.15) is 0 Å². The predicted molar refractivity (Wildman–Crippen MR) is 81.2 cm³/mol. The normalized spacial score (nSPS) is 10.1. The molecule has 108 valence electrons. The number of carbonyl (C=O) groups excluding carboxylic acids is 2. The number of ketones is 1. The second-order valence-electron chi connectivity index (χ2n) is 4.80. The molecule has 0 heterocycles. The molecule has 0 spiro atoms. The molecule has 0 aliphatic rings. The summed E-state index contributed by atoms with van der Waals surface area (Å²) < 4.78 is 5.81. The predicted octanol–water partition coefficient (Wildman–Crippen LogP) is 3.36. The van der Waals surface area contributed by atoms with Crippen LogP contribution in [0.4, 0.5) is 0 Å². The molecule has 0 N–H and O–H groups in total. The summed E-state index contributed by atoms with van der Waals surface area (Å²) in [7, 11) is 0. The number of hydrogen-bond acceptors (Lipinski definition) is 3. The summed E-state index contributed by atoms with van der Waals surface area (Å²) in [5.41, 5.74) is 1.95. The molecule has 2 aromatic rings. The molecular weight excluding hydrogens is 264 g/mol. The van der Waals surface area contributed by atoms with Crippen molar-refractivity contribution in [2.24, 2.45) is 0 Å². The van der Waals surface area contributed by atoms with Gasteiger partial charge in [-0.3, -0.25) is 4.79 Å². The van der Waals surface area contributed by atoms with E-state index < -0.39 is 0 Å². The Morgan fingerprint density at radius 1 is 1.00 bits per heavy atom. The molecule has 3 heteroatoms. The molecule has 0 aliphatic carbocycles. The maximum atomic E-state index is 11.8. The number of rotatable bonds is 8. The molecule has 0 fully saturated rings. The van der Waals surface area contributed by atoms with Gasteiger partial charge in [0.15, 0.2) is 0 Å². The summed E-state index contributed by atoms with van der Waals surface area (Å²) in [4.78, 5) is 22.1. The molecule has 0 saturated heterocycles. The fourth-order valence-electron chi connectivity index (χ4n) is 2.05. The van der Waals surface area contributed by atoms with Crippen molar-refractivity contribution in [3.8, 4) is 5.75 Å². The van der Waals surface area contributed by atoms with Crippen LogP contribution in [0.15, 0.2) is 54.6 Å². The lowest BCUT2D eigenvalue weighted by Gasteiger charge is -2.11. The third kappa shape index (κ3) is 4.88. The first kappa shape index (κ1) is 15.0. The van der Waals surface area contributed by atoms with E-state index in [1.165, 1.54) is 0 Å². The van der Waals surface area contributed by atoms with Crippen molar-refractivity contribution in [3.05, 3.63) is 65.7 Å². The number of benzene rings is 2. The van der Waals surface area contributed by atoms with Crippen LogP contribution >= 0.6 is 0 Å². The Hall–Kier alpha value is -2.42. The van der Waals surface area contributed by atoms with E-state index in [1.54, 1.807) is 0 Å². The van der Waals surface area contributed by atoms with Crippen molar-refractivity contribution in [2.75, 3.05) is 0 Å². The lowest BCUT2D eigenvalue weighted by Crippen LogP contribution is -2.05. The third-order valence-corrected chi connectivity index (χ3v) is 3.14. The van der Waals surface area contributed by atoms with Crippen molar-refractivity contribution < 1.29 is 14.3 Å². The van der Waals surface area contributed by atoms with Crippen molar-refractivity contribution in [1.29, 1.82) is 0 Å². The lowest BCUT2D eigenvalue weighted by molar-refractivity contribution is -0.120. The molecule has 0 unspecified atom stereocenters. The van der Waals surface area contributed by atoms with E-state index in [1.807, 2.05) is 54.6 Å². The molecule has 0 bridgehead atoms. The average Bonchev–Trinajstić information content (AvgIpc) is 2.53. The Labute approximate surface area is 124 Å². The largest absolute Gasteiger partial charge is 0.489 e. The van der Waals surface area contributed by atoms with Gasteiger partial charge in [-0.15, -0.1) is 0 Å². The van der Waals surface area contributed by atoms with E-state index in [0.29, 0.717) is 13.0 Å². The topological polar surface area (TPSA) is 43.4 Å². The van der Waals surface area contributed by atoms with Crippen molar-refractivity contribution in [3.63, 3.8) is 0 Å². The monoisotopic (exact) mass is 282 g/mol. The highest BCUT2D eigenvalue weighted by Gasteiger charge is 2.08. The van der Waals surface area contributed by atoms with Crippen molar-refractivity contribution >= 4 is 12.1 Å². The number of carbonyl (C=O) groups is 2. The zero-order valence-electron chi connectivity index (χ0n) is 11.8. The minimum atomic E-state index is 0.0536. The zero-order chi connectivity index (χ0) is 14.9. The van der Waals surface area contributed by atoms with Crippen LogP contribution in [0.2, 0.25) is 0 Å². The van der Waals surface area contributed by atoms with Gasteiger partial charge in [-0.25, -0.2) is 0 Å². The Morgan fingerprint density at radius 3 is 2.48 bits per heavy atom. The van der Waals surface area contributed by atoms with Gasteiger partial charge in [-0.1, -0.05) is 48.5 Å². The van der Waals surface area contributed by atoms with Gasteiger partial charge in [0.05, 0.1) is 0 Å². The van der Waals surface area contributed by atoms with E-state index in [9.17, 15) is 9.59 Å². The van der Waals surface area contributed by atoms with Crippen molar-refractivity contribution in [1.82, 2.24) is 0 Å². The van der Waals surface area contributed by atoms with Gasteiger partial charge in [0.2, 0.25) is 0 Å². The van der Waals surface area contributed by atoms with E-state index >= 15 is 0 Å². The summed E-state index contributed by atoms with van der Waals surface area (Å²) >= 11 is 0. The van der Waals surface area contributed by atoms with Crippen LogP contribution in [-0.4, -0.2) is 12.1 Å². The van der Waals surface area contributed by atoms with E-state index in [-0.39, 0.29) is 18.6 Å². The number of hydrogen-bond donors (Lipinski definition) is 0. The van der Waals surface area contributed by atoms with E-state index in [4.69, 9.17) is 4.74 Å². The quantitative estimate of drug-likeness (QED) is 0.697. The molecule has 0 amide bonds. The lowest BCUT2D eigenvalue weighted by atomic mass is 10.1. The standard InChI is InChI=1S/C18H18O3/c19-12-6-10-17(20)13-16-9-4-5-11-18(16)21-14-15-7-2-1-3-8-15/h1-5,7-9,11-12H,6,10,13-14H2. The van der Waals surface area contributed by atoms with E-state index in [2.05, 4.69) is 0 Å². The number of Topliss-reactive ketones (excluding diaryl/α,β-unsaturated/α-hetero) is 1. The Kier molecular flexibility index (Phi) is 5.71. The molecule has 3 nitrogen and oxygen atoms in total. The maximum absolute atomic E-state index is 11.8. The maximum Gasteiger partial charge on any atom is 0.137 e. The highest BCUT2D eigenvalue weighted by atomic mass is 16.5. The van der Waals surface area contributed by atoms with Gasteiger partial charge in [0.25, 0.3) is 0 Å². The molecule has 2 rings (SSSR count). The average molecular weight is 282 g/mol. The van der Waals surface area contributed by atoms with Crippen LogP contribution in [-0.2, 0) is 22.6 Å². The van der Waals surface area contributed by atoms with Gasteiger partial charge in [0, 0.05) is 24.8 Å². The minimum Gasteiger partial charge on any atom is -0.489 e. The van der Waals surface area contributed by atoms with Crippen LogP contribution in [0, 0.1) is 0 Å². The Morgan fingerprint density at radius 2 is 1.71 bits per heavy atom. The first-order chi connectivity index (χ1) is 10.3. The smallest absolute Gasteiger partial charge is 0.137 e. The molecular formula is C18H18O3. The van der Waals surface area contributed by atoms with Crippen LogP contribution in [0.1, 0.15) is 24.0 Å². The summed E-state index contributed by atoms with van der Waals surface area (Å²) in [6.07, 6.45) is 1.65. The van der Waals surface area contributed by atoms with E-state index in [0.717, 1.165) is 23.2 Å². The Bertz CT molecular complexity index is 590. The number of ether oxygens (including phenoxy) is 1. The highest BCUT2D eigenvalue weighted by Crippen LogP contribution is 2.20. The molecule has 0 aliphatic heterocycles. The van der Waals surface area contributed by atoms with Gasteiger partial charge in [-0.05, 0) is 11.6 Å². The zero-order valence-corrected chi connectivity index (χ0v) is 11.8. The second-order valence-corrected chi connectivity index (χ2v) is 4.80. The van der Waals surface area contributed by atoms with Gasteiger partial charge >= 0.3 is 0 Å². The first-order valence-electron chi connectivity index (χ1n) is 6.99. The molecule has 21 heavy (non-hydrogen) atoms. The summed E-state index contributed by atoms with van der Waals surface area (Å²) in [5, 5.41) is 0. The second kappa shape index (κ2) is 8.00. The van der Waals surface area contributed by atoms with Gasteiger partial charge < -0.3 is 9.53 Å². The van der Waals surface area contributed by atoms with Crippen LogP contribution in [0.3, 0.4) is 0 Å². The molecule has 0 aromatic heterocycles. The fraction of sp³-hybridized carbons (Fsp3) is 0.222. The molecule has 0 saturated carbocycles. The molecule has 0 radical (unpaired) electrons. The van der Waals surface area contributed by atoms with Crippen LogP contribution in [0.25, 0.3) is 0 Å². The fourth-order valence-corrected chi connectivity index (χ4v) is 2.05. The number of para-hydroxylation sites is 1. The van der Waals surface area contributed by atoms with Crippen molar-refractivity contribution in [2.45, 2.75) is 25.9 Å². The Balaban J connectivity index is 1.99. The summed E-state index contributed by atoms with van der Waals surface area (Å²) in [5.74, 6) is 0.777. The summed E-state index contributed by atoms with van der Waals surface area (Å²) in [6, 6.07) is 17.4. The molecule has 0 atom stereocenters. The highest BCUT2D eigenvalue weighted by molar-refractivity contribution is 5.83. The SMILES string of the molecule is O=CCCC(=O)Cc1ccccc1OCc1ccccc1.